The van der Waals surface area contributed by atoms with Gasteiger partial charge in [0.05, 0.1) is 19.9 Å². The summed E-state index contributed by atoms with van der Waals surface area (Å²) in [7, 11) is 3.27. The van der Waals surface area contributed by atoms with Gasteiger partial charge in [-0.3, -0.25) is 4.99 Å². The van der Waals surface area contributed by atoms with E-state index in [4.69, 9.17) is 9.47 Å². The Morgan fingerprint density at radius 1 is 0.952 bits per heavy atom. The number of ether oxygens (including phenoxy) is 2. The van der Waals surface area contributed by atoms with Gasteiger partial charge in [-0.05, 0) is 60.9 Å². The molecule has 0 N–H and O–H groups in total. The standard InChI is InChI=1S/C17H18BrNO2/c1-11-8-16(20-3)17(21-4)9-13(11)10-19-14-5-6-15(18)12(2)7-14/h5-10H,1-4H3. The Labute approximate surface area is 133 Å². The van der Waals surface area contributed by atoms with Gasteiger partial charge in [-0.15, -0.1) is 0 Å². The SMILES string of the molecule is COc1cc(C)c(C=Nc2ccc(Br)c(C)c2)cc1OC. The van der Waals surface area contributed by atoms with Crippen LogP contribution < -0.4 is 9.47 Å². The van der Waals surface area contributed by atoms with Crippen molar-refractivity contribution in [2.45, 2.75) is 13.8 Å². The lowest BCUT2D eigenvalue weighted by Crippen LogP contribution is -1.95. The summed E-state index contributed by atoms with van der Waals surface area (Å²) in [4.78, 5) is 4.53. The molecular formula is C17H18BrNO2. The largest absolute Gasteiger partial charge is 0.493 e. The van der Waals surface area contributed by atoms with Gasteiger partial charge in [-0.2, -0.15) is 0 Å². The van der Waals surface area contributed by atoms with Crippen LogP contribution in [-0.2, 0) is 0 Å². The second kappa shape index (κ2) is 6.76. The van der Waals surface area contributed by atoms with E-state index in [1.165, 1.54) is 0 Å². The number of rotatable bonds is 4. The number of aliphatic imine (C=N–C) groups is 1. The Hall–Kier alpha value is -1.81. The average molecular weight is 348 g/mol. The van der Waals surface area contributed by atoms with Crippen LogP contribution in [0.2, 0.25) is 0 Å². The monoisotopic (exact) mass is 347 g/mol. The Balaban J connectivity index is 2.34. The minimum absolute atomic E-state index is 0.705. The molecule has 0 unspecified atom stereocenters. The number of methoxy groups -OCH3 is 2. The third-order valence-corrected chi connectivity index (χ3v) is 4.16. The number of hydrogen-bond donors (Lipinski definition) is 0. The summed E-state index contributed by atoms with van der Waals surface area (Å²) in [6.07, 6.45) is 1.85. The van der Waals surface area contributed by atoms with Crippen LogP contribution in [0.3, 0.4) is 0 Å². The lowest BCUT2D eigenvalue weighted by Gasteiger charge is -2.10. The van der Waals surface area contributed by atoms with Crippen molar-refractivity contribution in [1.29, 1.82) is 0 Å². The van der Waals surface area contributed by atoms with E-state index in [9.17, 15) is 0 Å². The Bertz CT molecular complexity index is 681. The molecule has 0 aromatic heterocycles. The van der Waals surface area contributed by atoms with Crippen LogP contribution in [0.1, 0.15) is 16.7 Å². The van der Waals surface area contributed by atoms with E-state index < -0.39 is 0 Å². The fourth-order valence-corrected chi connectivity index (χ4v) is 2.24. The van der Waals surface area contributed by atoms with Gasteiger partial charge in [0.25, 0.3) is 0 Å². The first kappa shape index (κ1) is 15.6. The predicted octanol–water partition coefficient (Wildman–Crippen LogP) is 4.83. The van der Waals surface area contributed by atoms with Crippen LogP contribution >= 0.6 is 15.9 Å². The molecule has 2 aromatic rings. The van der Waals surface area contributed by atoms with Gasteiger partial charge in [-0.25, -0.2) is 0 Å². The quantitative estimate of drug-likeness (QED) is 0.741. The molecule has 2 rings (SSSR count). The number of halogens is 1. The van der Waals surface area contributed by atoms with Crippen molar-refractivity contribution >= 4 is 27.8 Å². The van der Waals surface area contributed by atoms with Gasteiger partial charge < -0.3 is 9.47 Å². The number of hydrogen-bond acceptors (Lipinski definition) is 3. The van der Waals surface area contributed by atoms with Crippen molar-refractivity contribution in [2.24, 2.45) is 4.99 Å². The first-order valence-electron chi connectivity index (χ1n) is 6.58. The van der Waals surface area contributed by atoms with Crippen LogP contribution in [-0.4, -0.2) is 20.4 Å². The molecule has 0 amide bonds. The Morgan fingerprint density at radius 2 is 1.62 bits per heavy atom. The lowest BCUT2D eigenvalue weighted by molar-refractivity contribution is 0.354. The molecule has 0 aliphatic carbocycles. The summed E-state index contributed by atoms with van der Waals surface area (Å²) >= 11 is 3.49. The average Bonchev–Trinajstić information content (AvgIpc) is 2.49. The van der Waals surface area contributed by atoms with Crippen LogP contribution in [0.15, 0.2) is 39.8 Å². The maximum Gasteiger partial charge on any atom is 0.161 e. The van der Waals surface area contributed by atoms with Gasteiger partial charge in [0.15, 0.2) is 11.5 Å². The Kier molecular flexibility index (Phi) is 5.02. The van der Waals surface area contributed by atoms with E-state index in [1.807, 2.05) is 50.4 Å². The highest BCUT2D eigenvalue weighted by atomic mass is 79.9. The highest BCUT2D eigenvalue weighted by Gasteiger charge is 2.07. The van der Waals surface area contributed by atoms with Gasteiger partial charge in [0.1, 0.15) is 0 Å². The molecule has 21 heavy (non-hydrogen) atoms. The third kappa shape index (κ3) is 3.64. The smallest absolute Gasteiger partial charge is 0.161 e. The maximum atomic E-state index is 5.33. The molecule has 0 heterocycles. The normalized spacial score (nSPS) is 10.9. The van der Waals surface area contributed by atoms with E-state index in [1.54, 1.807) is 14.2 Å². The molecule has 0 aliphatic rings. The lowest BCUT2D eigenvalue weighted by atomic mass is 10.1. The highest BCUT2D eigenvalue weighted by Crippen LogP contribution is 2.30. The molecular weight excluding hydrogens is 330 g/mol. The molecule has 3 nitrogen and oxygen atoms in total. The molecule has 0 fully saturated rings. The van der Waals surface area contributed by atoms with Crippen LogP contribution in [0.25, 0.3) is 0 Å². The van der Waals surface area contributed by atoms with Crippen molar-refractivity contribution in [3.8, 4) is 11.5 Å². The summed E-state index contributed by atoms with van der Waals surface area (Å²) < 4.78 is 11.7. The molecule has 0 radical (unpaired) electrons. The molecule has 0 atom stereocenters. The van der Waals surface area contributed by atoms with Gasteiger partial charge in [0, 0.05) is 10.7 Å². The topological polar surface area (TPSA) is 30.8 Å². The first-order valence-corrected chi connectivity index (χ1v) is 7.37. The molecule has 2 aromatic carbocycles. The van der Waals surface area contributed by atoms with Gasteiger partial charge >= 0.3 is 0 Å². The molecule has 4 heteroatoms. The summed E-state index contributed by atoms with van der Waals surface area (Å²) in [5.41, 5.74) is 4.18. The summed E-state index contributed by atoms with van der Waals surface area (Å²) in [6.45, 7) is 4.07. The molecule has 110 valence electrons. The zero-order chi connectivity index (χ0) is 15.4. The van der Waals surface area contributed by atoms with Crippen molar-refractivity contribution in [1.82, 2.24) is 0 Å². The van der Waals surface area contributed by atoms with E-state index in [0.717, 1.165) is 32.6 Å². The van der Waals surface area contributed by atoms with E-state index >= 15 is 0 Å². The third-order valence-electron chi connectivity index (χ3n) is 3.27. The summed E-state index contributed by atoms with van der Waals surface area (Å²) in [5.74, 6) is 1.43. The minimum atomic E-state index is 0.705. The highest BCUT2D eigenvalue weighted by molar-refractivity contribution is 9.10. The summed E-state index contributed by atoms with van der Waals surface area (Å²) in [5, 5.41) is 0. The van der Waals surface area contributed by atoms with Gasteiger partial charge in [0.2, 0.25) is 0 Å². The number of nitrogens with zero attached hydrogens (tertiary/aromatic N) is 1. The van der Waals surface area contributed by atoms with E-state index in [-0.39, 0.29) is 0 Å². The van der Waals surface area contributed by atoms with E-state index in [0.29, 0.717) is 5.75 Å². The minimum Gasteiger partial charge on any atom is -0.493 e. The second-order valence-corrected chi connectivity index (χ2v) is 5.61. The molecule has 0 aliphatic heterocycles. The van der Waals surface area contributed by atoms with Crippen LogP contribution in [0.5, 0.6) is 11.5 Å². The first-order chi connectivity index (χ1) is 10.0. The van der Waals surface area contributed by atoms with E-state index in [2.05, 4.69) is 20.9 Å². The fourth-order valence-electron chi connectivity index (χ4n) is 1.99. The number of aryl methyl sites for hydroxylation is 2. The zero-order valence-corrected chi connectivity index (χ0v) is 14.2. The van der Waals surface area contributed by atoms with Gasteiger partial charge in [-0.1, -0.05) is 15.9 Å². The van der Waals surface area contributed by atoms with Crippen molar-refractivity contribution in [3.05, 3.63) is 51.5 Å². The molecule has 0 saturated carbocycles. The van der Waals surface area contributed by atoms with Crippen LogP contribution in [0.4, 0.5) is 5.69 Å². The summed E-state index contributed by atoms with van der Waals surface area (Å²) in [6, 6.07) is 9.90. The molecule has 0 saturated heterocycles. The van der Waals surface area contributed by atoms with Crippen molar-refractivity contribution < 1.29 is 9.47 Å². The zero-order valence-electron chi connectivity index (χ0n) is 12.6. The second-order valence-electron chi connectivity index (χ2n) is 4.76. The predicted molar refractivity (Wildman–Crippen MR) is 90.4 cm³/mol. The molecule has 0 spiro atoms. The number of benzene rings is 2. The fraction of sp³-hybridized carbons (Fsp3) is 0.235. The Morgan fingerprint density at radius 3 is 2.24 bits per heavy atom. The van der Waals surface area contributed by atoms with Crippen molar-refractivity contribution in [2.75, 3.05) is 14.2 Å². The van der Waals surface area contributed by atoms with Crippen molar-refractivity contribution in [3.63, 3.8) is 0 Å². The maximum absolute atomic E-state index is 5.33. The molecule has 0 bridgehead atoms. The van der Waals surface area contributed by atoms with Crippen LogP contribution in [0, 0.1) is 13.8 Å².